The number of thioether (sulfide) groups is 1. The number of hydrogen-bond donors (Lipinski definition) is 1. The molecular weight excluding hydrogens is 529 g/mol. The minimum absolute atomic E-state index is 0.159. The zero-order valence-electron chi connectivity index (χ0n) is 19.6. The lowest BCUT2D eigenvalue weighted by molar-refractivity contribution is 0.0793. The summed E-state index contributed by atoms with van der Waals surface area (Å²) in [4.78, 5) is 22.2. The Morgan fingerprint density at radius 3 is 2.66 bits per heavy atom. The molecule has 0 radical (unpaired) electrons. The molecule has 0 aliphatic carbocycles. The molecule has 5 rings (SSSR count). The molecule has 0 bridgehead atoms. The first-order valence-electron chi connectivity index (χ1n) is 11.3. The van der Waals surface area contributed by atoms with Crippen LogP contribution in [0.3, 0.4) is 0 Å². The normalized spacial score (nSPS) is 21.4. The molecule has 0 spiro atoms. The fourth-order valence-corrected chi connectivity index (χ4v) is 5.45. The van der Waals surface area contributed by atoms with Gasteiger partial charge in [-0.2, -0.15) is 0 Å². The third-order valence-corrected chi connectivity index (χ3v) is 7.12. The van der Waals surface area contributed by atoms with Crippen LogP contribution in [0.15, 0.2) is 48.0 Å². The molecule has 38 heavy (non-hydrogen) atoms. The minimum Gasteiger partial charge on any atom is -0.470 e. The van der Waals surface area contributed by atoms with Crippen LogP contribution in [0, 0.1) is 17.6 Å². The SMILES string of the molecule is NC1=N[C@@]2(c3cc(/C=C(\F)c4cnc(OCC(F)F)cn4)ccc3F)CN(c3ncc(F)cn3)C[C@H]2CS1. The molecule has 14 heteroatoms. The van der Waals surface area contributed by atoms with Crippen LogP contribution in [-0.2, 0) is 5.54 Å². The molecule has 2 aromatic heterocycles. The van der Waals surface area contributed by atoms with E-state index in [0.29, 0.717) is 23.0 Å². The second-order valence-corrected chi connectivity index (χ2v) is 9.68. The van der Waals surface area contributed by atoms with Crippen LogP contribution in [0.25, 0.3) is 11.9 Å². The first-order chi connectivity index (χ1) is 18.2. The number of nitrogens with two attached hydrogens (primary N) is 1. The summed E-state index contributed by atoms with van der Waals surface area (Å²) in [5.74, 6) is -1.42. The highest BCUT2D eigenvalue weighted by Gasteiger charge is 2.52. The molecule has 8 nitrogen and oxygen atoms in total. The van der Waals surface area contributed by atoms with Crippen molar-refractivity contribution in [2.45, 2.75) is 12.0 Å². The average molecular weight is 550 g/mol. The van der Waals surface area contributed by atoms with Gasteiger partial charge in [0, 0.05) is 23.8 Å². The number of alkyl halides is 2. The van der Waals surface area contributed by atoms with Crippen LogP contribution < -0.4 is 15.4 Å². The van der Waals surface area contributed by atoms with Gasteiger partial charge in [0.1, 0.15) is 17.1 Å². The Labute approximate surface area is 217 Å². The standard InChI is InChI=1S/C24H20F5N7OS/c25-15-5-33-23(34-6-15)36-9-14-11-38-22(30)35-24(14,12-36)16-3-13(1-2-17(16)26)4-18(27)19-7-32-21(8-31-19)37-10-20(28)29/h1-8,14,20H,9-12H2,(H2,30,35)/b18-4-/t14-,24-/m0/s1. The molecule has 2 aliphatic rings. The number of ether oxygens (including phenoxy) is 1. The van der Waals surface area contributed by atoms with Crippen molar-refractivity contribution in [3.8, 4) is 5.88 Å². The molecule has 2 aliphatic heterocycles. The van der Waals surface area contributed by atoms with Gasteiger partial charge in [0.05, 0.1) is 31.3 Å². The lowest BCUT2D eigenvalue weighted by atomic mass is 9.81. The molecule has 0 saturated carbocycles. The van der Waals surface area contributed by atoms with E-state index < -0.39 is 36.0 Å². The van der Waals surface area contributed by atoms with Crippen molar-refractivity contribution in [2.24, 2.45) is 16.6 Å². The van der Waals surface area contributed by atoms with Crippen LogP contribution in [0.4, 0.5) is 27.9 Å². The molecule has 198 valence electrons. The summed E-state index contributed by atoms with van der Waals surface area (Å²) in [7, 11) is 0. The van der Waals surface area contributed by atoms with Crippen LogP contribution in [0.1, 0.15) is 16.8 Å². The fourth-order valence-electron chi connectivity index (χ4n) is 4.47. The van der Waals surface area contributed by atoms with Gasteiger partial charge in [-0.3, -0.25) is 0 Å². The van der Waals surface area contributed by atoms with E-state index in [1.165, 1.54) is 30.0 Å². The molecule has 2 N–H and O–H groups in total. The van der Waals surface area contributed by atoms with Gasteiger partial charge in [0.2, 0.25) is 11.8 Å². The number of nitrogens with zero attached hydrogens (tertiary/aromatic N) is 6. The van der Waals surface area contributed by atoms with Gasteiger partial charge in [0.15, 0.2) is 23.4 Å². The van der Waals surface area contributed by atoms with E-state index in [4.69, 9.17) is 10.5 Å². The van der Waals surface area contributed by atoms with Crippen LogP contribution in [-0.4, -0.2) is 57.0 Å². The number of halogens is 5. The largest absolute Gasteiger partial charge is 0.470 e. The number of rotatable bonds is 7. The van der Waals surface area contributed by atoms with Gasteiger partial charge < -0.3 is 15.4 Å². The van der Waals surface area contributed by atoms with Gasteiger partial charge in [-0.25, -0.2) is 46.9 Å². The van der Waals surface area contributed by atoms with Crippen molar-refractivity contribution in [3.05, 3.63) is 71.4 Å². The molecule has 3 aromatic rings. The number of aromatic nitrogens is 4. The summed E-state index contributed by atoms with van der Waals surface area (Å²) in [6.07, 6.45) is 2.66. The summed E-state index contributed by atoms with van der Waals surface area (Å²) in [6.45, 7) is -0.245. The predicted octanol–water partition coefficient (Wildman–Crippen LogP) is 4.05. The Kier molecular flexibility index (Phi) is 7.15. The zero-order chi connectivity index (χ0) is 26.9. The summed E-state index contributed by atoms with van der Waals surface area (Å²) in [5, 5.41) is 0.291. The second kappa shape index (κ2) is 10.5. The Hall–Kier alpha value is -3.81. The third-order valence-electron chi connectivity index (χ3n) is 6.16. The molecule has 0 unspecified atom stereocenters. The second-order valence-electron chi connectivity index (χ2n) is 8.64. The first-order valence-corrected chi connectivity index (χ1v) is 12.3. The lowest BCUT2D eigenvalue weighted by Crippen LogP contribution is -2.40. The average Bonchev–Trinajstić information content (AvgIpc) is 3.29. The Morgan fingerprint density at radius 1 is 1.16 bits per heavy atom. The number of hydrogen-bond acceptors (Lipinski definition) is 9. The molecule has 1 saturated heterocycles. The van der Waals surface area contributed by atoms with Gasteiger partial charge in [-0.1, -0.05) is 17.8 Å². The molecular formula is C24H20F5N7OS. The van der Waals surface area contributed by atoms with E-state index >= 15 is 4.39 Å². The number of aliphatic imine (C=N–C) groups is 1. The number of anilines is 1. The van der Waals surface area contributed by atoms with Crippen molar-refractivity contribution >= 4 is 34.8 Å². The van der Waals surface area contributed by atoms with Crippen molar-refractivity contribution in [1.82, 2.24) is 19.9 Å². The van der Waals surface area contributed by atoms with Gasteiger partial charge in [0.25, 0.3) is 6.43 Å². The Balaban J connectivity index is 1.46. The zero-order valence-corrected chi connectivity index (χ0v) is 20.4. The quantitative estimate of drug-likeness (QED) is 0.441. The molecule has 0 amide bonds. The monoisotopic (exact) mass is 549 g/mol. The van der Waals surface area contributed by atoms with E-state index in [-0.39, 0.29) is 35.5 Å². The van der Waals surface area contributed by atoms with E-state index in [1.807, 2.05) is 0 Å². The maximum atomic E-state index is 15.3. The van der Waals surface area contributed by atoms with Crippen molar-refractivity contribution in [3.63, 3.8) is 0 Å². The molecule has 1 aromatic carbocycles. The minimum atomic E-state index is -2.68. The smallest absolute Gasteiger partial charge is 0.272 e. The van der Waals surface area contributed by atoms with Crippen molar-refractivity contribution < 1.29 is 26.7 Å². The third kappa shape index (κ3) is 5.26. The highest BCUT2D eigenvalue weighted by atomic mass is 32.2. The highest BCUT2D eigenvalue weighted by molar-refractivity contribution is 8.13. The topological polar surface area (TPSA) is 102 Å². The summed E-state index contributed by atoms with van der Waals surface area (Å²) < 4.78 is 73.0. The van der Waals surface area contributed by atoms with E-state index in [2.05, 4.69) is 24.9 Å². The number of fused-ring (bicyclic) bond motifs is 1. The lowest BCUT2D eigenvalue weighted by Gasteiger charge is -2.35. The van der Waals surface area contributed by atoms with E-state index in [0.717, 1.165) is 30.9 Å². The number of amidine groups is 1. The van der Waals surface area contributed by atoms with Gasteiger partial charge >= 0.3 is 0 Å². The Morgan fingerprint density at radius 2 is 1.95 bits per heavy atom. The van der Waals surface area contributed by atoms with Crippen molar-refractivity contribution in [1.29, 1.82) is 0 Å². The van der Waals surface area contributed by atoms with E-state index in [1.54, 1.807) is 4.90 Å². The number of benzene rings is 1. The van der Waals surface area contributed by atoms with Crippen molar-refractivity contribution in [2.75, 3.05) is 30.3 Å². The predicted molar refractivity (Wildman–Crippen MR) is 132 cm³/mol. The van der Waals surface area contributed by atoms with E-state index in [9.17, 15) is 17.6 Å². The van der Waals surface area contributed by atoms with Crippen LogP contribution in [0.5, 0.6) is 5.88 Å². The highest BCUT2D eigenvalue weighted by Crippen LogP contribution is 2.47. The van der Waals surface area contributed by atoms with Crippen LogP contribution in [0.2, 0.25) is 0 Å². The maximum absolute atomic E-state index is 15.3. The molecule has 4 heterocycles. The maximum Gasteiger partial charge on any atom is 0.272 e. The van der Waals surface area contributed by atoms with Gasteiger partial charge in [-0.05, 0) is 23.8 Å². The Bertz CT molecular complexity index is 1370. The first kappa shape index (κ1) is 25.8. The summed E-state index contributed by atoms with van der Waals surface area (Å²) in [5.41, 5.74) is 5.36. The molecule has 1 fully saturated rings. The molecule has 2 atom stereocenters. The summed E-state index contributed by atoms with van der Waals surface area (Å²) in [6, 6.07) is 4.12. The van der Waals surface area contributed by atoms with Gasteiger partial charge in [-0.15, -0.1) is 0 Å². The fraction of sp³-hybridized carbons (Fsp3) is 0.292. The van der Waals surface area contributed by atoms with Crippen LogP contribution >= 0.6 is 11.8 Å². The summed E-state index contributed by atoms with van der Waals surface area (Å²) >= 11 is 1.35.